The normalized spacial score (nSPS) is 17.2. The van der Waals surface area contributed by atoms with Gasteiger partial charge in [-0.25, -0.2) is 17.2 Å². The quantitative estimate of drug-likeness (QED) is 0.739. The monoisotopic (exact) mass is 436 g/mol. The predicted octanol–water partition coefficient (Wildman–Crippen LogP) is 2.97. The largest absolute Gasteiger partial charge is 0.487 e. The summed E-state index contributed by atoms with van der Waals surface area (Å²) < 4.78 is 57.5. The topological polar surface area (TPSA) is 66.9 Å². The first-order chi connectivity index (χ1) is 14.2. The van der Waals surface area contributed by atoms with E-state index in [2.05, 4.69) is 0 Å². The highest BCUT2D eigenvalue weighted by Gasteiger charge is 2.29. The average Bonchev–Trinajstić information content (AvgIpc) is 3.14. The maximum atomic E-state index is 13.8. The lowest BCUT2D eigenvalue weighted by Gasteiger charge is -2.32. The Bertz CT molecular complexity index is 1080. The maximum Gasteiger partial charge on any atom is 0.253 e. The lowest BCUT2D eigenvalue weighted by Crippen LogP contribution is -2.41. The van der Waals surface area contributed by atoms with E-state index in [-0.39, 0.29) is 17.8 Å². The number of halogens is 2. The van der Waals surface area contributed by atoms with Crippen LogP contribution in [0.4, 0.5) is 14.5 Å². The minimum Gasteiger partial charge on any atom is -0.487 e. The zero-order chi connectivity index (χ0) is 21.5. The molecule has 0 unspecified atom stereocenters. The van der Waals surface area contributed by atoms with E-state index in [4.69, 9.17) is 4.74 Å². The van der Waals surface area contributed by atoms with Gasteiger partial charge < -0.3 is 9.64 Å². The van der Waals surface area contributed by atoms with Crippen molar-refractivity contribution in [3.8, 4) is 5.75 Å². The molecule has 6 nitrogen and oxygen atoms in total. The number of fused-ring (bicyclic) bond motifs is 1. The van der Waals surface area contributed by atoms with Crippen LogP contribution in [0.1, 0.15) is 28.8 Å². The van der Waals surface area contributed by atoms with Gasteiger partial charge in [-0.05, 0) is 42.3 Å². The van der Waals surface area contributed by atoms with Gasteiger partial charge in [-0.15, -0.1) is 0 Å². The molecule has 30 heavy (non-hydrogen) atoms. The predicted molar refractivity (Wildman–Crippen MR) is 108 cm³/mol. The van der Waals surface area contributed by atoms with Crippen molar-refractivity contribution in [2.24, 2.45) is 0 Å². The van der Waals surface area contributed by atoms with E-state index >= 15 is 0 Å². The highest BCUT2D eigenvalue weighted by atomic mass is 32.2. The molecular weight excluding hydrogens is 414 g/mol. The molecule has 0 N–H and O–H groups in total. The number of hydrogen-bond acceptors (Lipinski definition) is 4. The Kier molecular flexibility index (Phi) is 5.40. The Morgan fingerprint density at radius 2 is 1.80 bits per heavy atom. The molecule has 0 aromatic heterocycles. The Hall–Kier alpha value is -2.68. The number of carbonyl (C=O) groups excluding carboxylic acids is 1. The van der Waals surface area contributed by atoms with Gasteiger partial charge in [-0.1, -0.05) is 0 Å². The summed E-state index contributed by atoms with van der Waals surface area (Å²) in [6.45, 7) is 1.30. The summed E-state index contributed by atoms with van der Waals surface area (Å²) in [7, 11) is -3.33. The van der Waals surface area contributed by atoms with E-state index in [1.165, 1.54) is 16.6 Å². The van der Waals surface area contributed by atoms with Crippen molar-refractivity contribution >= 4 is 21.6 Å². The number of nitrogens with zero attached hydrogens (tertiary/aromatic N) is 2. The molecule has 0 saturated carbocycles. The summed E-state index contributed by atoms with van der Waals surface area (Å²) in [4.78, 5) is 14.6. The van der Waals surface area contributed by atoms with Crippen LogP contribution in [0.3, 0.4) is 0 Å². The molecular formula is C21H22F2N2O4S. The van der Waals surface area contributed by atoms with E-state index < -0.39 is 21.7 Å². The second-order valence-corrected chi connectivity index (χ2v) is 9.52. The highest BCUT2D eigenvalue weighted by molar-refractivity contribution is 7.92. The fraction of sp³-hybridized carbons (Fsp3) is 0.381. The van der Waals surface area contributed by atoms with Gasteiger partial charge in [0.25, 0.3) is 5.91 Å². The molecule has 2 aliphatic heterocycles. The Morgan fingerprint density at radius 1 is 1.07 bits per heavy atom. The van der Waals surface area contributed by atoms with Crippen LogP contribution in [-0.2, 0) is 16.4 Å². The Morgan fingerprint density at radius 3 is 2.47 bits per heavy atom. The second-order valence-electron chi connectivity index (χ2n) is 7.61. The zero-order valence-corrected chi connectivity index (χ0v) is 17.3. The number of amides is 1. The second kappa shape index (κ2) is 7.86. The molecule has 1 saturated heterocycles. The highest BCUT2D eigenvalue weighted by Crippen LogP contribution is 2.31. The van der Waals surface area contributed by atoms with Gasteiger partial charge >= 0.3 is 0 Å². The molecule has 0 radical (unpaired) electrons. The molecule has 1 fully saturated rings. The summed E-state index contributed by atoms with van der Waals surface area (Å²) in [5.74, 6) is -1.51. The minimum absolute atomic E-state index is 0.00947. The van der Waals surface area contributed by atoms with E-state index in [0.717, 1.165) is 17.7 Å². The summed E-state index contributed by atoms with van der Waals surface area (Å²) in [6.07, 6.45) is 2.57. The number of anilines is 1. The van der Waals surface area contributed by atoms with Crippen LogP contribution in [-0.4, -0.2) is 51.2 Å². The van der Waals surface area contributed by atoms with Gasteiger partial charge in [-0.3, -0.25) is 9.10 Å². The van der Waals surface area contributed by atoms with E-state index in [9.17, 15) is 22.0 Å². The molecule has 9 heteroatoms. The van der Waals surface area contributed by atoms with Gasteiger partial charge in [0.2, 0.25) is 10.0 Å². The molecule has 1 amide bonds. The number of hydrogen-bond donors (Lipinski definition) is 0. The van der Waals surface area contributed by atoms with Crippen molar-refractivity contribution < 1.29 is 26.7 Å². The van der Waals surface area contributed by atoms with Crippen molar-refractivity contribution in [1.82, 2.24) is 4.90 Å². The fourth-order valence-corrected chi connectivity index (χ4v) is 4.92. The summed E-state index contributed by atoms with van der Waals surface area (Å²) in [5, 5.41) is 0. The van der Waals surface area contributed by atoms with Crippen LogP contribution in [0.25, 0.3) is 0 Å². The van der Waals surface area contributed by atoms with Gasteiger partial charge in [-0.2, -0.15) is 0 Å². The number of benzene rings is 2. The van der Waals surface area contributed by atoms with Crippen LogP contribution in [0.5, 0.6) is 5.75 Å². The molecule has 2 aromatic rings. The Labute approximate surface area is 174 Å². The molecule has 0 aliphatic carbocycles. The first-order valence-corrected chi connectivity index (χ1v) is 11.6. The zero-order valence-electron chi connectivity index (χ0n) is 16.5. The van der Waals surface area contributed by atoms with Crippen LogP contribution < -0.4 is 9.04 Å². The molecule has 2 aliphatic rings. The van der Waals surface area contributed by atoms with Crippen molar-refractivity contribution in [1.29, 1.82) is 0 Å². The third-order valence-corrected chi connectivity index (χ3v) is 6.68. The Balaban J connectivity index is 1.39. The minimum atomic E-state index is -3.33. The van der Waals surface area contributed by atoms with Crippen LogP contribution >= 0.6 is 0 Å². The summed E-state index contributed by atoms with van der Waals surface area (Å²) in [5.41, 5.74) is 1.99. The number of rotatable bonds is 4. The third kappa shape index (κ3) is 4.12. The van der Waals surface area contributed by atoms with Crippen LogP contribution in [0, 0.1) is 11.6 Å². The smallest absolute Gasteiger partial charge is 0.253 e. The SMILES string of the molecule is CS(=O)(=O)N1CCc2cc(C(=O)N3CCC(Oc4ccc(F)cc4F)CC3)ccc21. The number of ether oxygens (including phenoxy) is 1. The molecule has 2 aromatic carbocycles. The number of piperidine rings is 1. The lowest BCUT2D eigenvalue weighted by molar-refractivity contribution is 0.0588. The molecule has 0 atom stereocenters. The van der Waals surface area contributed by atoms with Crippen molar-refractivity contribution in [3.63, 3.8) is 0 Å². The van der Waals surface area contributed by atoms with E-state index in [0.29, 0.717) is 50.1 Å². The standard InChI is InChI=1S/C21H22F2N2O4S/c1-30(27,28)25-11-6-14-12-15(2-4-19(14)25)21(26)24-9-7-17(8-10-24)29-20-5-3-16(22)13-18(20)23/h2-5,12-13,17H,6-11H2,1H3. The molecule has 0 spiro atoms. The number of carbonyl (C=O) groups is 1. The van der Waals surface area contributed by atoms with Crippen LogP contribution in [0.2, 0.25) is 0 Å². The van der Waals surface area contributed by atoms with Gasteiger partial charge in [0.05, 0.1) is 11.9 Å². The molecule has 160 valence electrons. The maximum absolute atomic E-state index is 13.8. The molecule has 2 heterocycles. The lowest BCUT2D eigenvalue weighted by atomic mass is 10.0. The third-order valence-electron chi connectivity index (χ3n) is 5.50. The summed E-state index contributed by atoms with van der Waals surface area (Å²) >= 11 is 0. The molecule has 0 bridgehead atoms. The van der Waals surface area contributed by atoms with Crippen molar-refractivity contribution in [2.75, 3.05) is 30.2 Å². The van der Waals surface area contributed by atoms with Crippen molar-refractivity contribution in [3.05, 3.63) is 59.2 Å². The number of likely N-dealkylation sites (tertiary alicyclic amines) is 1. The first kappa shape index (κ1) is 20.6. The fourth-order valence-electron chi connectivity index (χ4n) is 3.96. The molecule has 4 rings (SSSR count). The number of sulfonamides is 1. The first-order valence-electron chi connectivity index (χ1n) is 9.74. The van der Waals surface area contributed by atoms with Crippen molar-refractivity contribution in [2.45, 2.75) is 25.4 Å². The van der Waals surface area contributed by atoms with E-state index in [1.807, 2.05) is 0 Å². The van der Waals surface area contributed by atoms with Gasteiger partial charge in [0, 0.05) is 44.1 Å². The van der Waals surface area contributed by atoms with Crippen LogP contribution in [0.15, 0.2) is 36.4 Å². The van der Waals surface area contributed by atoms with Gasteiger partial charge in [0.15, 0.2) is 11.6 Å². The van der Waals surface area contributed by atoms with Gasteiger partial charge in [0.1, 0.15) is 11.9 Å². The average molecular weight is 436 g/mol. The van der Waals surface area contributed by atoms with E-state index in [1.54, 1.807) is 23.1 Å². The summed E-state index contributed by atoms with van der Waals surface area (Å²) in [6, 6.07) is 8.30.